The third-order valence-corrected chi connectivity index (χ3v) is 3.99. The highest BCUT2D eigenvalue weighted by atomic mass is 16.5. The quantitative estimate of drug-likeness (QED) is 0.840. The second kappa shape index (κ2) is 6.02. The Morgan fingerprint density at radius 2 is 2.25 bits per heavy atom. The molecule has 2 unspecified atom stereocenters. The summed E-state index contributed by atoms with van der Waals surface area (Å²) >= 11 is 0. The average molecular weight is 279 g/mol. The Balaban J connectivity index is 2.02. The van der Waals surface area contributed by atoms with E-state index in [0.717, 1.165) is 18.0 Å². The Bertz CT molecular complexity index is 457. The van der Waals surface area contributed by atoms with Crippen molar-refractivity contribution in [3.05, 3.63) is 23.8 Å². The van der Waals surface area contributed by atoms with Crippen LogP contribution in [0.15, 0.2) is 18.2 Å². The molecule has 1 aromatic rings. The van der Waals surface area contributed by atoms with Crippen molar-refractivity contribution < 1.29 is 14.6 Å². The number of ether oxygens (including phenoxy) is 2. The Morgan fingerprint density at radius 1 is 1.50 bits per heavy atom. The molecule has 112 valence electrons. The topological polar surface area (TPSA) is 50.7 Å². The Morgan fingerprint density at radius 3 is 2.90 bits per heavy atom. The van der Waals surface area contributed by atoms with Gasteiger partial charge in [0.25, 0.3) is 0 Å². The van der Waals surface area contributed by atoms with Crippen molar-refractivity contribution in [1.29, 1.82) is 0 Å². The number of hydrogen-bond donors (Lipinski definition) is 2. The predicted molar refractivity (Wildman–Crippen MR) is 79.3 cm³/mol. The van der Waals surface area contributed by atoms with Crippen molar-refractivity contribution in [3.63, 3.8) is 0 Å². The molecule has 1 aliphatic heterocycles. The first kappa shape index (κ1) is 15.1. The van der Waals surface area contributed by atoms with Crippen molar-refractivity contribution in [1.82, 2.24) is 5.32 Å². The number of benzene rings is 1. The van der Waals surface area contributed by atoms with Crippen molar-refractivity contribution in [3.8, 4) is 11.5 Å². The molecule has 0 fully saturated rings. The van der Waals surface area contributed by atoms with Gasteiger partial charge in [0.1, 0.15) is 24.7 Å². The van der Waals surface area contributed by atoms with Crippen molar-refractivity contribution in [2.45, 2.75) is 39.3 Å². The van der Waals surface area contributed by atoms with Gasteiger partial charge >= 0.3 is 0 Å². The lowest BCUT2D eigenvalue weighted by Crippen LogP contribution is -2.37. The van der Waals surface area contributed by atoms with E-state index < -0.39 is 5.60 Å². The first-order valence-corrected chi connectivity index (χ1v) is 7.29. The molecule has 1 aromatic carbocycles. The van der Waals surface area contributed by atoms with Gasteiger partial charge in [0, 0.05) is 11.6 Å². The van der Waals surface area contributed by atoms with Crippen LogP contribution in [0, 0.1) is 5.92 Å². The zero-order valence-corrected chi connectivity index (χ0v) is 12.8. The molecule has 2 rings (SSSR count). The molecule has 0 aromatic heterocycles. The Hall–Kier alpha value is -1.26. The van der Waals surface area contributed by atoms with E-state index in [4.69, 9.17) is 9.47 Å². The van der Waals surface area contributed by atoms with Crippen molar-refractivity contribution in [2.24, 2.45) is 5.92 Å². The zero-order valence-electron chi connectivity index (χ0n) is 12.8. The van der Waals surface area contributed by atoms with E-state index in [1.165, 1.54) is 5.56 Å². The monoisotopic (exact) mass is 279 g/mol. The summed E-state index contributed by atoms with van der Waals surface area (Å²) < 4.78 is 11.4. The minimum absolute atomic E-state index is 0.145. The summed E-state index contributed by atoms with van der Waals surface area (Å²) in [5.41, 5.74) is 0.349. The van der Waals surface area contributed by atoms with Gasteiger partial charge in [-0.3, -0.25) is 0 Å². The van der Waals surface area contributed by atoms with Gasteiger partial charge < -0.3 is 19.9 Å². The Labute approximate surface area is 121 Å². The van der Waals surface area contributed by atoms with Crippen LogP contribution in [-0.2, 0) is 0 Å². The molecule has 0 saturated heterocycles. The number of aliphatic hydroxyl groups is 1. The van der Waals surface area contributed by atoms with Crippen molar-refractivity contribution in [2.75, 3.05) is 19.8 Å². The first-order chi connectivity index (χ1) is 9.44. The summed E-state index contributed by atoms with van der Waals surface area (Å²) in [6, 6.07) is 6.15. The van der Waals surface area contributed by atoms with E-state index in [0.29, 0.717) is 6.61 Å². The van der Waals surface area contributed by atoms with Crippen LogP contribution in [0.1, 0.15) is 39.3 Å². The highest BCUT2D eigenvalue weighted by molar-refractivity contribution is 5.45. The van der Waals surface area contributed by atoms with Gasteiger partial charge in [0.05, 0.1) is 11.6 Å². The van der Waals surface area contributed by atoms with E-state index in [9.17, 15) is 5.11 Å². The fourth-order valence-electron chi connectivity index (χ4n) is 2.09. The van der Waals surface area contributed by atoms with Crippen LogP contribution in [0.5, 0.6) is 11.5 Å². The highest BCUT2D eigenvalue weighted by Gasteiger charge is 2.27. The molecule has 0 spiro atoms. The van der Waals surface area contributed by atoms with Gasteiger partial charge in [-0.15, -0.1) is 0 Å². The maximum absolute atomic E-state index is 10.2. The number of nitrogens with one attached hydrogen (secondary N) is 1. The van der Waals surface area contributed by atoms with Gasteiger partial charge in [-0.1, -0.05) is 20.8 Å². The lowest BCUT2D eigenvalue weighted by Gasteiger charge is -2.27. The van der Waals surface area contributed by atoms with Gasteiger partial charge in [0.2, 0.25) is 0 Å². The van der Waals surface area contributed by atoms with Crippen LogP contribution in [-0.4, -0.2) is 30.5 Å². The molecule has 1 aliphatic rings. The largest absolute Gasteiger partial charge is 0.491 e. The van der Waals surface area contributed by atoms with E-state index in [-0.39, 0.29) is 18.6 Å². The SMILES string of the molecule is CCNC1COc2cc(OCC(C)(O)C(C)C)ccc21. The van der Waals surface area contributed by atoms with Gasteiger partial charge in [-0.25, -0.2) is 0 Å². The van der Waals surface area contributed by atoms with E-state index in [1.807, 2.05) is 32.0 Å². The third-order valence-electron chi connectivity index (χ3n) is 3.99. The summed E-state index contributed by atoms with van der Waals surface area (Å²) in [4.78, 5) is 0. The minimum Gasteiger partial charge on any atom is -0.491 e. The lowest BCUT2D eigenvalue weighted by molar-refractivity contribution is -0.0266. The van der Waals surface area contributed by atoms with Gasteiger partial charge in [-0.2, -0.15) is 0 Å². The second-order valence-corrected chi connectivity index (χ2v) is 5.92. The molecular formula is C16H25NO3. The molecule has 0 aliphatic carbocycles. The molecule has 0 saturated carbocycles. The van der Waals surface area contributed by atoms with Gasteiger partial charge in [0.15, 0.2) is 0 Å². The number of likely N-dealkylation sites (N-methyl/N-ethyl adjacent to an activating group) is 1. The number of fused-ring (bicyclic) bond motifs is 1. The predicted octanol–water partition coefficient (Wildman–Crippen LogP) is 2.52. The normalized spacial score (nSPS) is 20.4. The van der Waals surface area contributed by atoms with Crippen LogP contribution < -0.4 is 14.8 Å². The lowest BCUT2D eigenvalue weighted by atomic mass is 9.94. The molecule has 1 heterocycles. The number of hydrogen-bond acceptors (Lipinski definition) is 4. The molecule has 0 bridgehead atoms. The van der Waals surface area contributed by atoms with Crippen LogP contribution >= 0.6 is 0 Å². The van der Waals surface area contributed by atoms with Gasteiger partial charge in [-0.05, 0) is 31.5 Å². The van der Waals surface area contributed by atoms with E-state index >= 15 is 0 Å². The molecule has 4 heteroatoms. The molecule has 0 amide bonds. The van der Waals surface area contributed by atoms with E-state index in [2.05, 4.69) is 12.2 Å². The molecule has 2 N–H and O–H groups in total. The summed E-state index contributed by atoms with van der Waals surface area (Å²) in [6.07, 6.45) is 0. The molecule has 20 heavy (non-hydrogen) atoms. The first-order valence-electron chi connectivity index (χ1n) is 7.29. The molecule has 0 radical (unpaired) electrons. The molecule has 4 nitrogen and oxygen atoms in total. The average Bonchev–Trinajstić information content (AvgIpc) is 2.79. The standard InChI is InChI=1S/C16H25NO3/c1-5-17-14-9-19-15-8-12(6-7-13(14)15)20-10-16(4,18)11(2)3/h6-8,11,14,17-18H,5,9-10H2,1-4H3. The zero-order chi connectivity index (χ0) is 14.8. The fraction of sp³-hybridized carbons (Fsp3) is 0.625. The third kappa shape index (κ3) is 3.25. The maximum Gasteiger partial charge on any atom is 0.127 e. The van der Waals surface area contributed by atoms with Crippen LogP contribution in [0.25, 0.3) is 0 Å². The minimum atomic E-state index is -0.827. The second-order valence-electron chi connectivity index (χ2n) is 5.92. The number of rotatable bonds is 6. The summed E-state index contributed by atoms with van der Waals surface area (Å²) in [5.74, 6) is 1.76. The summed E-state index contributed by atoms with van der Waals surface area (Å²) in [6.45, 7) is 9.71. The fourth-order valence-corrected chi connectivity index (χ4v) is 2.09. The van der Waals surface area contributed by atoms with Crippen LogP contribution in [0.3, 0.4) is 0 Å². The van der Waals surface area contributed by atoms with E-state index in [1.54, 1.807) is 6.92 Å². The highest BCUT2D eigenvalue weighted by Crippen LogP contribution is 2.35. The van der Waals surface area contributed by atoms with Crippen molar-refractivity contribution >= 4 is 0 Å². The van der Waals surface area contributed by atoms with Crippen LogP contribution in [0.2, 0.25) is 0 Å². The Kier molecular flexibility index (Phi) is 4.55. The summed E-state index contributed by atoms with van der Waals surface area (Å²) in [7, 11) is 0. The van der Waals surface area contributed by atoms with Crippen LogP contribution in [0.4, 0.5) is 0 Å². The summed E-state index contributed by atoms with van der Waals surface area (Å²) in [5, 5.41) is 13.6. The molecule has 2 atom stereocenters. The molecular weight excluding hydrogens is 254 g/mol. The maximum atomic E-state index is 10.2. The smallest absolute Gasteiger partial charge is 0.127 e.